The van der Waals surface area contributed by atoms with Crippen LogP contribution in [0.4, 0.5) is 0 Å². The first-order valence-corrected chi connectivity index (χ1v) is 10.6. The summed E-state index contributed by atoms with van der Waals surface area (Å²) in [7, 11) is 0. The van der Waals surface area contributed by atoms with Gasteiger partial charge in [-0.3, -0.25) is 0 Å². The van der Waals surface area contributed by atoms with Crippen molar-refractivity contribution in [2.75, 3.05) is 13.2 Å². The summed E-state index contributed by atoms with van der Waals surface area (Å²) < 4.78 is 20.5. The molecule has 1 aromatic rings. The lowest BCUT2D eigenvalue weighted by molar-refractivity contribution is -0.361. The maximum absolute atomic E-state index is 11.9. The van der Waals surface area contributed by atoms with E-state index in [1.54, 1.807) is 0 Å². The van der Waals surface area contributed by atoms with Gasteiger partial charge >= 0.3 is 5.97 Å². The van der Waals surface area contributed by atoms with Crippen molar-refractivity contribution in [1.82, 2.24) is 0 Å². The zero-order chi connectivity index (χ0) is 25.9. The highest BCUT2D eigenvalue weighted by atomic mass is 16.7. The van der Waals surface area contributed by atoms with Crippen molar-refractivity contribution < 1.29 is 69.7 Å². The molecule has 35 heavy (non-hydrogen) atoms. The third-order valence-corrected chi connectivity index (χ3v) is 5.60. The zero-order valence-corrected chi connectivity index (χ0v) is 18.1. The van der Waals surface area contributed by atoms with Crippen molar-refractivity contribution in [3.05, 3.63) is 29.8 Å². The lowest BCUT2D eigenvalue weighted by Gasteiger charge is -2.45. The van der Waals surface area contributed by atoms with Gasteiger partial charge in [0.15, 0.2) is 24.1 Å². The Morgan fingerprint density at radius 2 is 1.57 bits per heavy atom. The normalized spacial score (nSPS) is 37.9. The minimum atomic E-state index is -1.89. The van der Waals surface area contributed by atoms with Crippen LogP contribution in [0.1, 0.15) is 5.56 Å². The first kappa shape index (κ1) is 27.2. The zero-order valence-electron chi connectivity index (χ0n) is 18.1. The Balaban J connectivity index is 1.55. The van der Waals surface area contributed by atoms with Crippen molar-refractivity contribution in [3.8, 4) is 11.5 Å². The maximum Gasteiger partial charge on any atom is 0.330 e. The van der Waals surface area contributed by atoms with E-state index in [2.05, 4.69) is 0 Å². The van der Waals surface area contributed by atoms with E-state index in [9.17, 15) is 50.8 Å². The Bertz CT molecular complexity index is 891. The molecule has 2 saturated heterocycles. The molecule has 196 valence electrons. The van der Waals surface area contributed by atoms with E-state index < -0.39 is 80.6 Å². The van der Waals surface area contributed by atoms with Gasteiger partial charge in [0.2, 0.25) is 0 Å². The van der Waals surface area contributed by atoms with E-state index in [0.29, 0.717) is 5.56 Å². The van der Waals surface area contributed by atoms with Crippen LogP contribution < -0.4 is 0 Å². The Morgan fingerprint density at radius 1 is 0.886 bits per heavy atom. The van der Waals surface area contributed by atoms with E-state index in [-0.39, 0.29) is 11.5 Å². The van der Waals surface area contributed by atoms with Gasteiger partial charge in [-0.15, -0.1) is 0 Å². The summed E-state index contributed by atoms with van der Waals surface area (Å²) in [6.45, 7) is -1.30. The van der Waals surface area contributed by atoms with Crippen LogP contribution in [0.25, 0.3) is 6.08 Å². The summed E-state index contributed by atoms with van der Waals surface area (Å²) in [5.74, 6) is -1.60. The number of rotatable bonds is 7. The number of benzene rings is 1. The summed E-state index contributed by atoms with van der Waals surface area (Å²) in [6.07, 6.45) is -14.4. The minimum absolute atomic E-state index is 0.334. The molecule has 10 atom stereocenters. The van der Waals surface area contributed by atoms with Crippen LogP contribution in [-0.4, -0.2) is 127 Å². The van der Waals surface area contributed by atoms with Gasteiger partial charge in [0.1, 0.15) is 55.4 Å². The Labute approximate surface area is 198 Å². The van der Waals surface area contributed by atoms with Gasteiger partial charge in [-0.2, -0.15) is 0 Å². The molecule has 2 aliphatic heterocycles. The van der Waals surface area contributed by atoms with Crippen LogP contribution >= 0.6 is 0 Å². The average molecular weight is 504 g/mol. The molecule has 0 unspecified atom stereocenters. The molecule has 0 radical (unpaired) electrons. The van der Waals surface area contributed by atoms with Crippen LogP contribution in [-0.2, 0) is 23.7 Å². The van der Waals surface area contributed by atoms with Crippen molar-refractivity contribution in [2.45, 2.75) is 61.4 Å². The van der Waals surface area contributed by atoms with Gasteiger partial charge in [-0.1, -0.05) is 6.07 Å². The molecule has 0 aliphatic carbocycles. The van der Waals surface area contributed by atoms with Crippen molar-refractivity contribution in [3.63, 3.8) is 0 Å². The number of aliphatic hydroxyl groups is 7. The summed E-state index contributed by atoms with van der Waals surface area (Å²) in [6, 6.07) is 3.85. The maximum atomic E-state index is 11.9. The number of aromatic hydroxyl groups is 2. The number of hydrogen-bond acceptors (Lipinski definition) is 14. The molecule has 2 heterocycles. The molecule has 0 aromatic heterocycles. The van der Waals surface area contributed by atoms with Crippen LogP contribution in [0.3, 0.4) is 0 Å². The third-order valence-electron chi connectivity index (χ3n) is 5.60. The minimum Gasteiger partial charge on any atom is -0.504 e. The summed E-state index contributed by atoms with van der Waals surface area (Å²) in [4.78, 5) is 11.9. The monoisotopic (exact) mass is 504 g/mol. The van der Waals surface area contributed by atoms with E-state index in [0.717, 1.165) is 6.08 Å². The first-order valence-electron chi connectivity index (χ1n) is 10.6. The second kappa shape index (κ2) is 11.6. The molecule has 2 aliphatic rings. The van der Waals surface area contributed by atoms with Crippen molar-refractivity contribution in [1.29, 1.82) is 0 Å². The lowest BCUT2D eigenvalue weighted by atomic mass is 9.97. The fourth-order valence-electron chi connectivity index (χ4n) is 3.56. The van der Waals surface area contributed by atoms with Gasteiger partial charge in [-0.25, -0.2) is 4.79 Å². The van der Waals surface area contributed by atoms with Gasteiger partial charge in [-0.05, 0) is 23.8 Å². The van der Waals surface area contributed by atoms with Crippen LogP contribution in [0.2, 0.25) is 0 Å². The Morgan fingerprint density at radius 3 is 2.23 bits per heavy atom. The molecule has 1 aromatic carbocycles. The highest BCUT2D eigenvalue weighted by Crippen LogP contribution is 2.29. The van der Waals surface area contributed by atoms with Crippen LogP contribution in [0.15, 0.2) is 24.3 Å². The fraction of sp³-hybridized carbons (Fsp3) is 0.571. The number of phenols is 2. The van der Waals surface area contributed by atoms with E-state index >= 15 is 0 Å². The third kappa shape index (κ3) is 6.25. The van der Waals surface area contributed by atoms with E-state index in [4.69, 9.17) is 18.9 Å². The molecule has 0 saturated carbocycles. The SMILES string of the molecule is O=C(C=Cc1ccc(O)c(O)c1)OC[C@H]1O[C@H](O)[C@H](O[C@@H]2O[C@H](CO)[C@@H](O)[C@H](O)[C@H]2O)[C@@H](O)[C@@H]1O. The number of ether oxygens (including phenoxy) is 4. The highest BCUT2D eigenvalue weighted by molar-refractivity contribution is 5.87. The molecule has 3 rings (SSSR count). The second-order valence-corrected chi connectivity index (χ2v) is 8.06. The van der Waals surface area contributed by atoms with Crippen molar-refractivity contribution >= 4 is 12.0 Å². The molecule has 0 bridgehead atoms. The van der Waals surface area contributed by atoms with Gasteiger partial charge in [0.25, 0.3) is 0 Å². The quantitative estimate of drug-likeness (QED) is 0.0986. The Hall–Kier alpha value is -2.37. The first-order chi connectivity index (χ1) is 16.5. The number of hydrogen-bond donors (Lipinski definition) is 9. The lowest BCUT2D eigenvalue weighted by Crippen LogP contribution is -2.64. The average Bonchev–Trinajstić information content (AvgIpc) is 2.83. The van der Waals surface area contributed by atoms with Gasteiger partial charge < -0.3 is 64.9 Å². The number of carbonyl (C=O) groups excluding carboxylic acids is 1. The number of phenolic OH excluding ortho intramolecular Hbond substituents is 2. The highest BCUT2D eigenvalue weighted by Gasteiger charge is 2.50. The van der Waals surface area contributed by atoms with Gasteiger partial charge in [0, 0.05) is 6.08 Å². The topological polar surface area (TPSA) is 236 Å². The van der Waals surface area contributed by atoms with Gasteiger partial charge in [0.05, 0.1) is 6.61 Å². The summed E-state index contributed by atoms with van der Waals surface area (Å²) in [5, 5.41) is 88.6. The molecular formula is C21H28O14. The molecule has 14 nitrogen and oxygen atoms in total. The molecule has 9 N–H and O–H groups in total. The molecule has 14 heteroatoms. The van der Waals surface area contributed by atoms with Crippen LogP contribution in [0, 0.1) is 0 Å². The largest absolute Gasteiger partial charge is 0.504 e. The predicted octanol–water partition coefficient (Wildman–Crippen LogP) is -3.72. The molecular weight excluding hydrogens is 476 g/mol. The number of aliphatic hydroxyl groups excluding tert-OH is 7. The number of esters is 1. The van der Waals surface area contributed by atoms with E-state index in [1.807, 2.05) is 0 Å². The van der Waals surface area contributed by atoms with Crippen LogP contribution in [0.5, 0.6) is 11.5 Å². The number of carbonyl (C=O) groups is 1. The van der Waals surface area contributed by atoms with E-state index in [1.165, 1.54) is 24.3 Å². The van der Waals surface area contributed by atoms with Crippen molar-refractivity contribution in [2.24, 2.45) is 0 Å². The molecule has 2 fully saturated rings. The fourth-order valence-corrected chi connectivity index (χ4v) is 3.56. The summed E-state index contributed by atoms with van der Waals surface area (Å²) >= 11 is 0. The molecule has 0 spiro atoms. The smallest absolute Gasteiger partial charge is 0.330 e. The molecule has 0 amide bonds. The second-order valence-electron chi connectivity index (χ2n) is 8.06. The standard InChI is InChI=1S/C21H28O14/c22-6-11-14(26)16(28)18(30)21(34-11)35-19-17(29)15(27)12(33-20(19)31)7-32-13(25)4-2-8-1-3-9(23)10(24)5-8/h1-5,11-12,14-24,26-31H,6-7H2/t11-,12-,14-,15-,16+,17+,18-,19-,20+,21+/m1/s1. The Kier molecular flexibility index (Phi) is 9.00. The summed E-state index contributed by atoms with van der Waals surface area (Å²) in [5.41, 5.74) is 0.380. The predicted molar refractivity (Wildman–Crippen MR) is 111 cm³/mol.